The summed E-state index contributed by atoms with van der Waals surface area (Å²) in [6, 6.07) is 0. The highest BCUT2D eigenvalue weighted by atomic mass is 16.5. The van der Waals surface area contributed by atoms with Crippen molar-refractivity contribution in [3.05, 3.63) is 0 Å². The van der Waals surface area contributed by atoms with E-state index in [4.69, 9.17) is 4.74 Å². The van der Waals surface area contributed by atoms with Gasteiger partial charge in [0.1, 0.15) is 0 Å². The van der Waals surface area contributed by atoms with Crippen LogP contribution >= 0.6 is 0 Å². The van der Waals surface area contributed by atoms with Crippen LogP contribution in [0, 0.1) is 11.3 Å². The highest BCUT2D eigenvalue weighted by Crippen LogP contribution is 2.65. The van der Waals surface area contributed by atoms with Gasteiger partial charge in [0.05, 0.1) is 0 Å². The maximum atomic E-state index is 5.10. The van der Waals surface area contributed by atoms with Crippen molar-refractivity contribution in [3.63, 3.8) is 0 Å². The lowest BCUT2D eigenvalue weighted by molar-refractivity contribution is 0.147. The Morgan fingerprint density at radius 1 is 1.56 bits per heavy atom. The largest absolute Gasteiger partial charge is 0.384 e. The van der Waals surface area contributed by atoms with Crippen LogP contribution in [0.5, 0.6) is 0 Å². The normalized spacial score (nSPS) is 36.3. The minimum Gasteiger partial charge on any atom is -0.384 e. The van der Waals surface area contributed by atoms with Crippen LogP contribution in [0.3, 0.4) is 0 Å². The fourth-order valence-electron chi connectivity index (χ4n) is 2.11. The number of hydrogen-bond donors (Lipinski definition) is 0. The molecule has 0 aromatic carbocycles. The van der Waals surface area contributed by atoms with Crippen molar-refractivity contribution in [1.82, 2.24) is 0 Å². The Morgan fingerprint density at radius 2 is 2.33 bits per heavy atom. The lowest BCUT2D eigenvalue weighted by Crippen LogP contribution is -2.16. The van der Waals surface area contributed by atoms with Gasteiger partial charge in [-0.1, -0.05) is 6.42 Å². The highest BCUT2D eigenvalue weighted by molar-refractivity contribution is 5.06. The number of ether oxygens (including phenoxy) is 1. The minimum absolute atomic E-state index is 0.815. The summed E-state index contributed by atoms with van der Waals surface area (Å²) < 4.78 is 5.10. The van der Waals surface area contributed by atoms with E-state index in [1.54, 1.807) is 0 Å². The predicted octanol–water partition coefficient (Wildman–Crippen LogP) is 1.82. The summed E-state index contributed by atoms with van der Waals surface area (Å²) in [7, 11) is 1.81. The van der Waals surface area contributed by atoms with Gasteiger partial charge in [-0.25, -0.2) is 0 Å². The van der Waals surface area contributed by atoms with Gasteiger partial charge < -0.3 is 4.74 Å². The molecule has 0 aliphatic heterocycles. The monoisotopic (exact) mass is 126 g/mol. The lowest BCUT2D eigenvalue weighted by atomic mass is 9.80. The second kappa shape index (κ2) is 1.72. The topological polar surface area (TPSA) is 9.23 Å². The van der Waals surface area contributed by atoms with Gasteiger partial charge in [0.15, 0.2) is 0 Å². The number of methoxy groups -OCH3 is 1. The SMILES string of the molecule is COCC1CC12CCC2. The number of hydrogen-bond acceptors (Lipinski definition) is 1. The van der Waals surface area contributed by atoms with Crippen molar-refractivity contribution < 1.29 is 4.74 Å². The first-order valence-electron chi connectivity index (χ1n) is 3.86. The van der Waals surface area contributed by atoms with Crippen molar-refractivity contribution in [3.8, 4) is 0 Å². The lowest BCUT2D eigenvalue weighted by Gasteiger charge is -2.26. The zero-order valence-electron chi connectivity index (χ0n) is 6.02. The molecule has 2 aliphatic carbocycles. The van der Waals surface area contributed by atoms with E-state index in [9.17, 15) is 0 Å². The Kier molecular flexibility index (Phi) is 1.10. The van der Waals surface area contributed by atoms with E-state index in [0.29, 0.717) is 0 Å². The molecule has 0 bridgehead atoms. The maximum Gasteiger partial charge on any atom is 0.0496 e. The molecule has 0 aromatic heterocycles. The van der Waals surface area contributed by atoms with Gasteiger partial charge in [-0.3, -0.25) is 0 Å². The van der Waals surface area contributed by atoms with Crippen LogP contribution < -0.4 is 0 Å². The third-order valence-corrected chi connectivity index (χ3v) is 3.08. The van der Waals surface area contributed by atoms with Gasteiger partial charge in [-0.2, -0.15) is 0 Å². The van der Waals surface area contributed by atoms with Crippen LogP contribution in [-0.2, 0) is 4.74 Å². The Balaban J connectivity index is 1.80. The van der Waals surface area contributed by atoms with E-state index in [1.807, 2.05) is 7.11 Å². The first kappa shape index (κ1) is 5.72. The van der Waals surface area contributed by atoms with Gasteiger partial charge in [0, 0.05) is 13.7 Å². The summed E-state index contributed by atoms with van der Waals surface area (Å²) in [5.74, 6) is 0.941. The van der Waals surface area contributed by atoms with Gasteiger partial charge in [-0.15, -0.1) is 0 Å². The van der Waals surface area contributed by atoms with Gasteiger partial charge in [-0.05, 0) is 30.6 Å². The Labute approximate surface area is 56.4 Å². The predicted molar refractivity (Wildman–Crippen MR) is 36.3 cm³/mol. The van der Waals surface area contributed by atoms with Crippen LogP contribution in [0.15, 0.2) is 0 Å². The molecule has 9 heavy (non-hydrogen) atoms. The Bertz CT molecular complexity index is 114. The fourth-order valence-corrected chi connectivity index (χ4v) is 2.11. The molecule has 0 amide bonds. The smallest absolute Gasteiger partial charge is 0.0496 e. The van der Waals surface area contributed by atoms with Crippen LogP contribution in [0.4, 0.5) is 0 Å². The molecule has 1 spiro atoms. The summed E-state index contributed by atoms with van der Waals surface area (Å²) in [5.41, 5.74) is 0.815. The quantitative estimate of drug-likeness (QED) is 0.548. The van der Waals surface area contributed by atoms with E-state index in [2.05, 4.69) is 0 Å². The fraction of sp³-hybridized carbons (Fsp3) is 1.00. The average molecular weight is 126 g/mol. The molecular weight excluding hydrogens is 112 g/mol. The van der Waals surface area contributed by atoms with Crippen LogP contribution in [0.1, 0.15) is 25.7 Å². The molecule has 1 atom stereocenters. The van der Waals surface area contributed by atoms with Gasteiger partial charge in [0.25, 0.3) is 0 Å². The van der Waals surface area contributed by atoms with Gasteiger partial charge in [0.2, 0.25) is 0 Å². The van der Waals surface area contributed by atoms with Crippen LogP contribution in [-0.4, -0.2) is 13.7 Å². The molecule has 1 nitrogen and oxygen atoms in total. The molecule has 0 N–H and O–H groups in total. The summed E-state index contributed by atoms with van der Waals surface area (Å²) >= 11 is 0. The second-order valence-corrected chi connectivity index (χ2v) is 3.57. The average Bonchev–Trinajstić information content (AvgIpc) is 2.41. The van der Waals surface area contributed by atoms with Crippen molar-refractivity contribution in [2.24, 2.45) is 11.3 Å². The van der Waals surface area contributed by atoms with Crippen molar-refractivity contribution in [1.29, 1.82) is 0 Å². The molecule has 2 fully saturated rings. The second-order valence-electron chi connectivity index (χ2n) is 3.57. The van der Waals surface area contributed by atoms with Crippen molar-refractivity contribution in [2.75, 3.05) is 13.7 Å². The van der Waals surface area contributed by atoms with E-state index in [1.165, 1.54) is 25.7 Å². The van der Waals surface area contributed by atoms with E-state index in [-0.39, 0.29) is 0 Å². The third kappa shape index (κ3) is 0.710. The highest BCUT2D eigenvalue weighted by Gasteiger charge is 2.56. The van der Waals surface area contributed by atoms with E-state index < -0.39 is 0 Å². The molecule has 2 rings (SSSR count). The molecule has 0 radical (unpaired) electrons. The minimum atomic E-state index is 0.815. The molecule has 1 heteroatoms. The molecule has 2 aliphatic rings. The molecule has 1 unspecified atom stereocenters. The molecule has 2 saturated carbocycles. The summed E-state index contributed by atoms with van der Waals surface area (Å²) in [5, 5.41) is 0. The Hall–Kier alpha value is -0.0400. The van der Waals surface area contributed by atoms with Crippen molar-refractivity contribution in [2.45, 2.75) is 25.7 Å². The van der Waals surface area contributed by atoms with E-state index in [0.717, 1.165) is 17.9 Å². The summed E-state index contributed by atoms with van der Waals surface area (Å²) in [4.78, 5) is 0. The zero-order chi connectivity index (χ0) is 6.32. The summed E-state index contributed by atoms with van der Waals surface area (Å²) in [6.07, 6.45) is 5.91. The first-order valence-corrected chi connectivity index (χ1v) is 3.86. The van der Waals surface area contributed by atoms with E-state index >= 15 is 0 Å². The van der Waals surface area contributed by atoms with Crippen LogP contribution in [0.2, 0.25) is 0 Å². The molecule has 0 aromatic rings. The first-order chi connectivity index (χ1) is 4.37. The molecule has 0 saturated heterocycles. The Morgan fingerprint density at radius 3 is 2.67 bits per heavy atom. The standard InChI is InChI=1S/C8H14O/c1-9-6-7-5-8(7)3-2-4-8/h7H,2-6H2,1H3. The molecular formula is C8H14O. The summed E-state index contributed by atoms with van der Waals surface area (Å²) in [6.45, 7) is 1.01. The number of rotatable bonds is 2. The molecule has 0 heterocycles. The zero-order valence-corrected chi connectivity index (χ0v) is 6.02. The van der Waals surface area contributed by atoms with Gasteiger partial charge >= 0.3 is 0 Å². The van der Waals surface area contributed by atoms with Crippen molar-refractivity contribution >= 4 is 0 Å². The maximum absolute atomic E-state index is 5.10. The molecule has 52 valence electrons. The van der Waals surface area contributed by atoms with Crippen LogP contribution in [0.25, 0.3) is 0 Å². The third-order valence-electron chi connectivity index (χ3n) is 3.08.